The molecule has 88 valence electrons. The molecule has 0 aromatic heterocycles. The third-order valence-electron chi connectivity index (χ3n) is 3.06. The van der Waals surface area contributed by atoms with Crippen LogP contribution in [-0.4, -0.2) is 18.2 Å². The molecular formula is C12H15ClFNO. The average Bonchev–Trinajstić information content (AvgIpc) is 2.31. The molecule has 1 aliphatic rings. The zero-order valence-electron chi connectivity index (χ0n) is 8.97. The highest BCUT2D eigenvalue weighted by atomic mass is 35.5. The lowest BCUT2D eigenvalue weighted by Crippen LogP contribution is -2.31. The lowest BCUT2D eigenvalue weighted by atomic mass is 9.92. The van der Waals surface area contributed by atoms with Crippen LogP contribution in [0, 0.1) is 11.7 Å². The largest absolute Gasteiger partial charge is 0.508 e. The van der Waals surface area contributed by atoms with E-state index in [4.69, 9.17) is 11.6 Å². The molecule has 1 atom stereocenters. The number of phenols is 1. The van der Waals surface area contributed by atoms with Crippen LogP contribution in [0.25, 0.3) is 0 Å². The zero-order chi connectivity index (χ0) is 11.5. The van der Waals surface area contributed by atoms with Gasteiger partial charge in [0, 0.05) is 5.56 Å². The van der Waals surface area contributed by atoms with Gasteiger partial charge < -0.3 is 10.4 Å². The van der Waals surface area contributed by atoms with Crippen molar-refractivity contribution < 1.29 is 9.50 Å². The van der Waals surface area contributed by atoms with E-state index in [1.165, 1.54) is 12.1 Å². The highest BCUT2D eigenvalue weighted by Crippen LogP contribution is 2.29. The lowest BCUT2D eigenvalue weighted by molar-refractivity contribution is 0.364. The summed E-state index contributed by atoms with van der Waals surface area (Å²) in [5, 5.41) is 13.0. The summed E-state index contributed by atoms with van der Waals surface area (Å²) in [6.07, 6.45) is 2.72. The minimum Gasteiger partial charge on any atom is -0.508 e. The molecule has 1 saturated heterocycles. The molecule has 2 rings (SSSR count). The van der Waals surface area contributed by atoms with Crippen LogP contribution < -0.4 is 5.32 Å². The van der Waals surface area contributed by atoms with Crippen molar-refractivity contribution in [1.82, 2.24) is 5.32 Å². The highest BCUT2D eigenvalue weighted by molar-refractivity contribution is 6.30. The molecule has 1 unspecified atom stereocenters. The van der Waals surface area contributed by atoms with Gasteiger partial charge in [0.1, 0.15) is 11.6 Å². The summed E-state index contributed by atoms with van der Waals surface area (Å²) < 4.78 is 13.7. The Morgan fingerprint density at radius 2 is 2.31 bits per heavy atom. The fourth-order valence-corrected chi connectivity index (χ4v) is 2.34. The smallest absolute Gasteiger partial charge is 0.148 e. The van der Waals surface area contributed by atoms with Crippen LogP contribution in [0.1, 0.15) is 18.4 Å². The number of hydrogen-bond acceptors (Lipinski definition) is 2. The van der Waals surface area contributed by atoms with Crippen molar-refractivity contribution in [3.63, 3.8) is 0 Å². The Kier molecular flexibility index (Phi) is 3.66. The Morgan fingerprint density at radius 1 is 1.50 bits per heavy atom. The Hall–Kier alpha value is -0.800. The topological polar surface area (TPSA) is 32.3 Å². The minimum absolute atomic E-state index is 0.00692. The van der Waals surface area contributed by atoms with Gasteiger partial charge in [0.05, 0.1) is 5.02 Å². The third kappa shape index (κ3) is 2.47. The molecule has 1 aromatic carbocycles. The van der Waals surface area contributed by atoms with Crippen LogP contribution in [0.4, 0.5) is 4.39 Å². The van der Waals surface area contributed by atoms with Crippen molar-refractivity contribution >= 4 is 11.6 Å². The van der Waals surface area contributed by atoms with Gasteiger partial charge in [-0.3, -0.25) is 0 Å². The molecule has 0 amide bonds. The SMILES string of the molecule is Oc1ccc(Cl)c(F)c1CC1CCCNC1. The Balaban J connectivity index is 2.16. The van der Waals surface area contributed by atoms with Crippen LogP contribution in [0.5, 0.6) is 5.75 Å². The minimum atomic E-state index is -0.479. The number of piperidine rings is 1. The van der Waals surface area contributed by atoms with Gasteiger partial charge in [0.2, 0.25) is 0 Å². The maximum atomic E-state index is 13.7. The summed E-state index contributed by atoms with van der Waals surface area (Å²) in [5.74, 6) is -0.0904. The molecule has 2 N–H and O–H groups in total. The van der Waals surface area contributed by atoms with Crippen molar-refractivity contribution in [2.24, 2.45) is 5.92 Å². The van der Waals surface area contributed by atoms with Gasteiger partial charge >= 0.3 is 0 Å². The summed E-state index contributed by atoms with van der Waals surface area (Å²) in [6, 6.07) is 2.84. The number of nitrogens with one attached hydrogen (secondary N) is 1. The first kappa shape index (κ1) is 11.7. The van der Waals surface area contributed by atoms with E-state index in [9.17, 15) is 9.50 Å². The molecule has 16 heavy (non-hydrogen) atoms. The van der Waals surface area contributed by atoms with Gasteiger partial charge in [0.15, 0.2) is 0 Å². The van der Waals surface area contributed by atoms with Crippen molar-refractivity contribution in [3.8, 4) is 5.75 Å². The maximum Gasteiger partial charge on any atom is 0.148 e. The number of halogens is 2. The van der Waals surface area contributed by atoms with Crippen molar-refractivity contribution in [2.75, 3.05) is 13.1 Å². The van der Waals surface area contributed by atoms with E-state index < -0.39 is 5.82 Å². The maximum absolute atomic E-state index is 13.7. The Bertz CT molecular complexity index is 378. The fraction of sp³-hybridized carbons (Fsp3) is 0.500. The Labute approximate surface area is 99.4 Å². The molecule has 0 bridgehead atoms. The highest BCUT2D eigenvalue weighted by Gasteiger charge is 2.19. The number of hydrogen-bond donors (Lipinski definition) is 2. The number of rotatable bonds is 2. The zero-order valence-corrected chi connectivity index (χ0v) is 9.73. The quantitative estimate of drug-likeness (QED) is 0.837. The van der Waals surface area contributed by atoms with Gasteiger partial charge in [-0.15, -0.1) is 0 Å². The summed E-state index contributed by atoms with van der Waals surface area (Å²) in [4.78, 5) is 0. The van der Waals surface area contributed by atoms with Crippen LogP contribution in [0.15, 0.2) is 12.1 Å². The normalized spacial score (nSPS) is 21.0. The van der Waals surface area contributed by atoms with Crippen LogP contribution in [0.3, 0.4) is 0 Å². The molecule has 0 radical (unpaired) electrons. The van der Waals surface area contributed by atoms with Gasteiger partial charge in [-0.2, -0.15) is 0 Å². The molecule has 0 spiro atoms. The molecule has 0 aliphatic carbocycles. The van der Waals surface area contributed by atoms with E-state index in [0.29, 0.717) is 17.9 Å². The first-order chi connectivity index (χ1) is 7.68. The molecule has 1 fully saturated rings. The van der Waals surface area contributed by atoms with Crippen LogP contribution in [-0.2, 0) is 6.42 Å². The predicted molar refractivity (Wildman–Crippen MR) is 62.4 cm³/mol. The molecule has 1 aliphatic heterocycles. The first-order valence-corrected chi connectivity index (χ1v) is 5.93. The second kappa shape index (κ2) is 5.02. The van der Waals surface area contributed by atoms with Gasteiger partial charge in [0.25, 0.3) is 0 Å². The average molecular weight is 244 g/mol. The van der Waals surface area contributed by atoms with E-state index in [1.54, 1.807) is 0 Å². The van der Waals surface area contributed by atoms with E-state index >= 15 is 0 Å². The van der Waals surface area contributed by atoms with Crippen molar-refractivity contribution in [3.05, 3.63) is 28.5 Å². The van der Waals surface area contributed by atoms with Gasteiger partial charge in [-0.1, -0.05) is 11.6 Å². The summed E-state index contributed by atoms with van der Waals surface area (Å²) in [5.41, 5.74) is 0.348. The number of benzene rings is 1. The van der Waals surface area contributed by atoms with E-state index in [0.717, 1.165) is 25.9 Å². The van der Waals surface area contributed by atoms with E-state index in [2.05, 4.69) is 5.32 Å². The van der Waals surface area contributed by atoms with Crippen molar-refractivity contribution in [2.45, 2.75) is 19.3 Å². The molecule has 1 aromatic rings. The van der Waals surface area contributed by atoms with E-state index in [1.807, 2.05) is 0 Å². The molecule has 2 nitrogen and oxygen atoms in total. The summed E-state index contributed by atoms with van der Waals surface area (Å²) in [7, 11) is 0. The second-order valence-corrected chi connectivity index (χ2v) is 4.68. The molecule has 0 saturated carbocycles. The van der Waals surface area contributed by atoms with Gasteiger partial charge in [-0.25, -0.2) is 4.39 Å². The summed E-state index contributed by atoms with van der Waals surface area (Å²) >= 11 is 5.70. The summed E-state index contributed by atoms with van der Waals surface area (Å²) in [6.45, 7) is 1.91. The molecule has 4 heteroatoms. The number of phenolic OH excluding ortho intramolecular Hbond substituents is 1. The third-order valence-corrected chi connectivity index (χ3v) is 3.35. The predicted octanol–water partition coefficient (Wildman–Crippen LogP) is 2.73. The fourth-order valence-electron chi connectivity index (χ4n) is 2.16. The monoisotopic (exact) mass is 243 g/mol. The molecular weight excluding hydrogens is 229 g/mol. The van der Waals surface area contributed by atoms with Crippen LogP contribution >= 0.6 is 11.6 Å². The van der Waals surface area contributed by atoms with Gasteiger partial charge in [-0.05, 0) is 50.4 Å². The second-order valence-electron chi connectivity index (χ2n) is 4.28. The van der Waals surface area contributed by atoms with E-state index in [-0.39, 0.29) is 10.8 Å². The lowest BCUT2D eigenvalue weighted by Gasteiger charge is -2.23. The standard InChI is InChI=1S/C12H15ClFNO/c13-10-3-4-11(16)9(12(10)14)6-8-2-1-5-15-7-8/h3-4,8,15-16H,1-2,5-7H2. The first-order valence-electron chi connectivity index (χ1n) is 5.55. The molecule has 1 heterocycles. The van der Waals surface area contributed by atoms with Crippen LogP contribution in [0.2, 0.25) is 5.02 Å². The Morgan fingerprint density at radius 3 is 3.00 bits per heavy atom. The van der Waals surface area contributed by atoms with Crippen molar-refractivity contribution in [1.29, 1.82) is 0 Å². The number of aromatic hydroxyl groups is 1.